The highest BCUT2D eigenvalue weighted by atomic mass is 35.5. The number of halogens is 1. The highest BCUT2D eigenvalue weighted by Crippen LogP contribution is 2.25. The SMILES string of the molecule is CCc1cc(=O)[nH]c(-n2nc(C)cc2NC(=O)c2ccc(Cl)cc2)n1.COc1ccccc1C(=O)Nc1cc(C)nn1-c1nc(C)cc(=O)[nH]1.CSc1ccccc1C(=O)Nc1cc(C)nn1-c1nc(C)cc(=O)[nH]1.Cc1cc(=O)[nH]c(-n2nc(C)cc2NC(=O)c2ccccc2)n1. The number of H-pyrrole nitrogens is 4. The number of rotatable bonds is 15. The predicted molar refractivity (Wildman–Crippen MR) is 371 cm³/mol. The van der Waals surface area contributed by atoms with Crippen molar-refractivity contribution in [2.75, 3.05) is 34.6 Å². The summed E-state index contributed by atoms with van der Waals surface area (Å²) >= 11 is 7.34. The maximum atomic E-state index is 12.7. The van der Waals surface area contributed by atoms with Crippen molar-refractivity contribution in [1.29, 1.82) is 0 Å². The normalized spacial score (nSPS) is 10.6. The minimum atomic E-state index is -0.353. The van der Waals surface area contributed by atoms with Gasteiger partial charge >= 0.3 is 0 Å². The van der Waals surface area contributed by atoms with E-state index < -0.39 is 0 Å². The Balaban J connectivity index is 0.000000153. The molecule has 12 aromatic rings. The van der Waals surface area contributed by atoms with Gasteiger partial charge in [0.15, 0.2) is 0 Å². The van der Waals surface area contributed by atoms with E-state index in [1.54, 1.807) is 152 Å². The lowest BCUT2D eigenvalue weighted by Crippen LogP contribution is -2.19. The molecule has 8 heterocycles. The van der Waals surface area contributed by atoms with Crippen LogP contribution in [0, 0.1) is 48.5 Å². The number of thioether (sulfide) groups is 1. The molecule has 0 saturated heterocycles. The summed E-state index contributed by atoms with van der Waals surface area (Å²) < 4.78 is 10.8. The first-order chi connectivity index (χ1) is 46.9. The van der Waals surface area contributed by atoms with Crippen molar-refractivity contribution >= 4 is 70.3 Å². The van der Waals surface area contributed by atoms with Gasteiger partial charge in [-0.3, -0.25) is 58.3 Å². The number of para-hydroxylation sites is 1. The van der Waals surface area contributed by atoms with E-state index >= 15 is 0 Å². The van der Waals surface area contributed by atoms with Crippen LogP contribution in [0.1, 0.15) is 93.9 Å². The summed E-state index contributed by atoms with van der Waals surface area (Å²) in [4.78, 5) is 125. The van der Waals surface area contributed by atoms with Gasteiger partial charge in [-0.05, 0) is 122 Å². The summed E-state index contributed by atoms with van der Waals surface area (Å²) in [7, 11) is 1.50. The largest absolute Gasteiger partial charge is 0.496 e. The first kappa shape index (κ1) is 69.9. The Kier molecular flexibility index (Phi) is 22.6. The average molecular weight is 1360 g/mol. The topological polar surface area (TPSA) is 380 Å². The number of anilines is 4. The second-order valence-electron chi connectivity index (χ2n) is 21.5. The van der Waals surface area contributed by atoms with Crippen LogP contribution >= 0.6 is 23.4 Å². The number of carbonyl (C=O) groups excluding carboxylic acids is 4. The predicted octanol–water partition coefficient (Wildman–Crippen LogP) is 8.94. The number of aromatic amines is 4. The molecular weight excluding hydrogens is 1300 g/mol. The minimum Gasteiger partial charge on any atom is -0.496 e. The van der Waals surface area contributed by atoms with Crippen LogP contribution in [0.3, 0.4) is 0 Å². The van der Waals surface area contributed by atoms with Crippen molar-refractivity contribution in [1.82, 2.24) is 79.0 Å². The van der Waals surface area contributed by atoms with Crippen molar-refractivity contribution in [3.63, 3.8) is 0 Å². The quantitative estimate of drug-likeness (QED) is 0.0444. The van der Waals surface area contributed by atoms with Gasteiger partial charge < -0.3 is 26.0 Å². The number of aromatic nitrogens is 16. The first-order valence-corrected chi connectivity index (χ1v) is 31.5. The van der Waals surface area contributed by atoms with Crippen molar-refractivity contribution in [3.8, 4) is 29.5 Å². The molecule has 8 aromatic heterocycles. The second kappa shape index (κ2) is 31.7. The van der Waals surface area contributed by atoms with Gasteiger partial charge in [0.1, 0.15) is 29.0 Å². The Morgan fingerprint density at radius 1 is 0.429 bits per heavy atom. The van der Waals surface area contributed by atoms with E-state index in [1.165, 1.54) is 61.9 Å². The Morgan fingerprint density at radius 2 is 0.776 bits per heavy atom. The summed E-state index contributed by atoms with van der Waals surface area (Å²) in [5.41, 5.74) is 5.88. The zero-order valence-electron chi connectivity index (χ0n) is 54.5. The molecule has 12 rings (SSSR count). The van der Waals surface area contributed by atoms with E-state index in [9.17, 15) is 38.4 Å². The molecule has 0 aliphatic rings. The highest BCUT2D eigenvalue weighted by Gasteiger charge is 2.21. The van der Waals surface area contributed by atoms with Gasteiger partial charge in [-0.1, -0.05) is 61.0 Å². The fourth-order valence-electron chi connectivity index (χ4n) is 9.37. The molecule has 0 unspecified atom stereocenters. The van der Waals surface area contributed by atoms with Crippen LogP contribution in [-0.2, 0) is 6.42 Å². The fourth-order valence-corrected chi connectivity index (χ4v) is 10.1. The highest BCUT2D eigenvalue weighted by molar-refractivity contribution is 7.98. The third-order valence-electron chi connectivity index (χ3n) is 13.7. The molecule has 0 saturated carbocycles. The Labute approximate surface area is 567 Å². The van der Waals surface area contributed by atoms with E-state index in [1.807, 2.05) is 37.4 Å². The molecule has 0 radical (unpaired) electrons. The summed E-state index contributed by atoms with van der Waals surface area (Å²) in [6.07, 6.45) is 2.53. The van der Waals surface area contributed by atoms with Crippen molar-refractivity contribution in [2.24, 2.45) is 0 Å². The number of benzene rings is 4. The van der Waals surface area contributed by atoms with E-state index in [4.69, 9.17) is 16.3 Å². The minimum absolute atomic E-state index is 0.230. The van der Waals surface area contributed by atoms with Crippen LogP contribution in [0.15, 0.2) is 176 Å². The van der Waals surface area contributed by atoms with Gasteiger partial charge in [-0.25, -0.2) is 19.9 Å². The van der Waals surface area contributed by atoms with Gasteiger partial charge in [0.25, 0.3) is 45.9 Å². The molecule has 4 aromatic carbocycles. The molecule has 8 N–H and O–H groups in total. The van der Waals surface area contributed by atoms with Crippen LogP contribution < -0.4 is 48.2 Å². The molecule has 29 nitrogen and oxygen atoms in total. The molecular formula is C67H65ClN20O9S. The maximum absolute atomic E-state index is 12.7. The van der Waals surface area contributed by atoms with Crippen LogP contribution in [-0.4, -0.2) is 116 Å². The molecule has 0 spiro atoms. The molecule has 0 aliphatic heterocycles. The monoisotopic (exact) mass is 1360 g/mol. The third-order valence-corrected chi connectivity index (χ3v) is 14.7. The van der Waals surface area contributed by atoms with Gasteiger partial charge in [-0.2, -0.15) is 39.1 Å². The van der Waals surface area contributed by atoms with Gasteiger partial charge in [-0.15, -0.1) is 11.8 Å². The van der Waals surface area contributed by atoms with E-state index in [0.29, 0.717) is 108 Å². The maximum Gasteiger partial charge on any atom is 0.260 e. The number of ether oxygens (including phenoxy) is 1. The van der Waals surface area contributed by atoms with E-state index in [0.717, 1.165) is 4.90 Å². The number of nitrogens with zero attached hydrogens (tertiary/aromatic N) is 12. The van der Waals surface area contributed by atoms with Gasteiger partial charge in [0.05, 0.1) is 41.0 Å². The number of carbonyl (C=O) groups is 4. The number of hydrogen-bond acceptors (Lipinski definition) is 18. The summed E-state index contributed by atoms with van der Waals surface area (Å²) in [6, 6.07) is 42.1. The number of amides is 4. The molecule has 98 heavy (non-hydrogen) atoms. The molecule has 0 atom stereocenters. The fraction of sp³-hybridized carbons (Fsp3) is 0.164. The first-order valence-electron chi connectivity index (χ1n) is 29.9. The van der Waals surface area contributed by atoms with E-state index in [2.05, 4.69) is 81.5 Å². The number of hydrogen-bond donors (Lipinski definition) is 8. The molecule has 0 aliphatic carbocycles. The summed E-state index contributed by atoms with van der Waals surface area (Å²) in [5.74, 6) is 1.96. The van der Waals surface area contributed by atoms with Gasteiger partial charge in [0.2, 0.25) is 23.8 Å². The smallest absolute Gasteiger partial charge is 0.260 e. The molecule has 31 heteroatoms. The standard InChI is InChI=1S/C17H16ClN5O2.C17H17N5O3.C17H17N5O2S.C16H15N5O2/c1-3-13-9-15(24)21-17(19-13)23-14(8-10(2)22-23)20-16(25)11-4-6-12(18)7-5-11;2*1-10-9-15(23)20-17(18-10)22-14(8-11(2)21-22)19-16(24)12-6-4-5-7-13(12)25-3;1-10-9-14(22)19-16(17-10)21-13(8-11(2)20-21)18-15(23)12-6-4-3-5-7-12/h4-9H,3H2,1-2H3,(H,20,25)(H,19,21,24);2*4-9H,1-3H3,(H,19,24)(H,18,20,23);3-9H,1-2H3,(H,18,23)(H,17,19,22). The van der Waals surface area contributed by atoms with Gasteiger partial charge in [0, 0.05) is 92.4 Å². The number of aryl methyl sites for hydroxylation is 8. The zero-order valence-corrected chi connectivity index (χ0v) is 56.0. The van der Waals surface area contributed by atoms with Crippen LogP contribution in [0.2, 0.25) is 5.02 Å². The Hall–Kier alpha value is -12.4. The Morgan fingerprint density at radius 3 is 1.17 bits per heavy atom. The van der Waals surface area contributed by atoms with Crippen molar-refractivity contribution < 1.29 is 23.9 Å². The van der Waals surface area contributed by atoms with Crippen LogP contribution in [0.5, 0.6) is 5.75 Å². The second-order valence-corrected chi connectivity index (χ2v) is 22.8. The lowest BCUT2D eigenvalue weighted by molar-refractivity contribution is 0.101. The molecule has 0 bridgehead atoms. The Bertz CT molecular complexity index is 4990. The lowest BCUT2D eigenvalue weighted by atomic mass is 10.2. The average Bonchev–Trinajstić information content (AvgIpc) is 1.64. The third kappa shape index (κ3) is 18.1. The lowest BCUT2D eigenvalue weighted by Gasteiger charge is -2.10. The molecule has 500 valence electrons. The van der Waals surface area contributed by atoms with Crippen LogP contribution in [0.4, 0.5) is 23.3 Å². The van der Waals surface area contributed by atoms with Crippen molar-refractivity contribution in [3.05, 3.63) is 266 Å². The summed E-state index contributed by atoms with van der Waals surface area (Å²) in [5, 5.41) is 28.9. The van der Waals surface area contributed by atoms with E-state index in [-0.39, 0.29) is 69.7 Å². The number of nitrogens with one attached hydrogen (secondary N) is 8. The van der Waals surface area contributed by atoms with Crippen LogP contribution in [0.25, 0.3) is 23.8 Å². The summed E-state index contributed by atoms with van der Waals surface area (Å²) in [6.45, 7) is 14.2. The zero-order chi connectivity index (χ0) is 70.3. The molecule has 0 fully saturated rings. The van der Waals surface area contributed by atoms with Crippen molar-refractivity contribution in [2.45, 2.75) is 66.7 Å². The molecule has 4 amide bonds. The number of methoxy groups -OCH3 is 1.